The second-order valence-electron chi connectivity index (χ2n) is 17.3. The molecule has 0 aliphatic carbocycles. The van der Waals surface area contributed by atoms with E-state index in [1.807, 2.05) is 78.9 Å². The van der Waals surface area contributed by atoms with Crippen molar-refractivity contribution in [1.29, 1.82) is 0 Å². The summed E-state index contributed by atoms with van der Waals surface area (Å²) in [6, 6.07) is 29.5. The van der Waals surface area contributed by atoms with Gasteiger partial charge in [-0.3, -0.25) is 4.79 Å². The third kappa shape index (κ3) is 22.1. The van der Waals surface area contributed by atoms with Crippen LogP contribution < -0.4 is 5.32 Å². The molecule has 3 aromatic carbocycles. The summed E-state index contributed by atoms with van der Waals surface area (Å²) < 4.78 is 33.4. The predicted octanol–water partition coefficient (Wildman–Crippen LogP) is 10.9. The predicted molar refractivity (Wildman–Crippen MR) is 269 cm³/mol. The molecule has 352 valence electrons. The molecule has 1 N–H and O–H groups in total. The van der Waals surface area contributed by atoms with Gasteiger partial charge in [0.15, 0.2) is 6.29 Å². The lowest BCUT2D eigenvalue weighted by Gasteiger charge is -2.44. The minimum atomic E-state index is -0.678. The van der Waals surface area contributed by atoms with Gasteiger partial charge >= 0.3 is 0 Å². The van der Waals surface area contributed by atoms with Gasteiger partial charge in [-0.1, -0.05) is 182 Å². The van der Waals surface area contributed by atoms with Crippen molar-refractivity contribution in [2.24, 2.45) is 17.8 Å². The van der Waals surface area contributed by atoms with Crippen LogP contribution >= 0.6 is 0 Å². The average Bonchev–Trinajstić information content (AvgIpc) is 3.35. The van der Waals surface area contributed by atoms with Crippen molar-refractivity contribution in [1.82, 2.24) is 5.32 Å². The minimum Gasteiger partial charge on any atom is -0.374 e. The van der Waals surface area contributed by atoms with E-state index in [0.717, 1.165) is 36.0 Å². The monoisotopic (exact) mass is 902 g/mol. The molecule has 0 saturated carbocycles. The van der Waals surface area contributed by atoms with Crippen molar-refractivity contribution >= 4 is 5.91 Å². The third-order valence-electron chi connectivity index (χ3n) is 12.2. The molecule has 7 nitrogen and oxygen atoms in total. The van der Waals surface area contributed by atoms with E-state index < -0.39 is 24.5 Å². The molecule has 1 amide bonds. The molecule has 8 atom stereocenters. The van der Waals surface area contributed by atoms with Crippen LogP contribution in [-0.4, -0.2) is 49.8 Å². The van der Waals surface area contributed by atoms with E-state index in [9.17, 15) is 4.79 Å². The molecule has 2 unspecified atom stereocenters. The molecule has 0 spiro atoms. The highest BCUT2D eigenvalue weighted by Gasteiger charge is 2.41. The van der Waals surface area contributed by atoms with Crippen molar-refractivity contribution in [3.63, 3.8) is 0 Å². The smallest absolute Gasteiger partial charge is 0.220 e. The Morgan fingerprint density at radius 1 is 0.627 bits per heavy atom. The lowest BCUT2D eigenvalue weighted by atomic mass is 9.79. The summed E-state index contributed by atoms with van der Waals surface area (Å²) >= 11 is 0. The zero-order chi connectivity index (χ0) is 47.6. The molecule has 1 saturated heterocycles. The van der Waals surface area contributed by atoms with E-state index in [4.69, 9.17) is 30.1 Å². The molecule has 0 radical (unpaired) electrons. The summed E-state index contributed by atoms with van der Waals surface area (Å²) in [5, 5.41) is 3.37. The van der Waals surface area contributed by atoms with Crippen molar-refractivity contribution in [3.8, 4) is 71.5 Å². The van der Waals surface area contributed by atoms with Crippen molar-refractivity contribution in [2.45, 2.75) is 155 Å². The number of unbranched alkanes of at least 4 members (excludes halogenated alkanes) is 9. The van der Waals surface area contributed by atoms with Crippen LogP contribution in [0.25, 0.3) is 0 Å². The van der Waals surface area contributed by atoms with E-state index in [2.05, 4.69) is 110 Å². The van der Waals surface area contributed by atoms with Crippen LogP contribution in [0.4, 0.5) is 0 Å². The summed E-state index contributed by atoms with van der Waals surface area (Å²) in [5.41, 5.74) is 3.09. The molecule has 1 heterocycles. The third-order valence-corrected chi connectivity index (χ3v) is 12.2. The van der Waals surface area contributed by atoms with Gasteiger partial charge in [0.2, 0.25) is 5.91 Å². The first-order chi connectivity index (χ1) is 32.9. The number of ether oxygens (including phenoxy) is 5. The molecule has 4 rings (SSSR count). The Labute approximate surface area is 403 Å². The van der Waals surface area contributed by atoms with Gasteiger partial charge in [-0.15, -0.1) is 6.42 Å². The molecule has 3 aromatic rings. The van der Waals surface area contributed by atoms with Gasteiger partial charge in [0.25, 0.3) is 0 Å². The quantitative estimate of drug-likeness (QED) is 0.0578. The van der Waals surface area contributed by atoms with Crippen LogP contribution in [0.15, 0.2) is 91.0 Å². The molecule has 1 aliphatic rings. The van der Waals surface area contributed by atoms with Crippen LogP contribution in [-0.2, 0) is 48.3 Å². The first-order valence-electron chi connectivity index (χ1n) is 24.3. The topological polar surface area (TPSA) is 75.2 Å². The second-order valence-corrected chi connectivity index (χ2v) is 17.3. The molecular formula is C60H71NO6. The Hall–Kier alpha value is -5.71. The summed E-state index contributed by atoms with van der Waals surface area (Å²) in [7, 11) is 0. The first-order valence-corrected chi connectivity index (χ1v) is 24.3. The van der Waals surface area contributed by atoms with Gasteiger partial charge in [0.05, 0.1) is 51.3 Å². The maximum Gasteiger partial charge on any atom is 0.220 e. The molecule has 1 fully saturated rings. The summed E-state index contributed by atoms with van der Waals surface area (Å²) in [5.74, 6) is 29.8. The molecule has 1 aliphatic heterocycles. The molecule has 0 bridgehead atoms. The number of amides is 1. The minimum absolute atomic E-state index is 0.0565. The average molecular weight is 902 g/mol. The SMILES string of the molecule is C#CC#CC#CC#CC#CC#CC[C@@H](OCc1ccccc1)[C@@H](OCc1ccccc1)[C@H](CO[C@H]1OC(COCc2ccccc2)[C@H](C)[C@H](C)C1C)NC(=O)CCCCCCCCCCCC. The largest absolute Gasteiger partial charge is 0.374 e. The van der Waals surface area contributed by atoms with Crippen LogP contribution in [0.1, 0.15) is 121 Å². The van der Waals surface area contributed by atoms with Crippen molar-refractivity contribution in [3.05, 3.63) is 108 Å². The lowest BCUT2D eigenvalue weighted by molar-refractivity contribution is -0.261. The van der Waals surface area contributed by atoms with E-state index in [1.54, 1.807) is 0 Å². The normalized spacial score (nSPS) is 18.5. The zero-order valence-electron chi connectivity index (χ0n) is 40.3. The summed E-state index contributed by atoms with van der Waals surface area (Å²) in [4.78, 5) is 14.0. The van der Waals surface area contributed by atoms with Crippen LogP contribution in [0, 0.1) is 89.3 Å². The summed E-state index contributed by atoms with van der Waals surface area (Å²) in [6.45, 7) is 10.5. The van der Waals surface area contributed by atoms with Crippen LogP contribution in [0.5, 0.6) is 0 Å². The van der Waals surface area contributed by atoms with Crippen LogP contribution in [0.2, 0.25) is 0 Å². The number of carbonyl (C=O) groups is 1. The van der Waals surface area contributed by atoms with Gasteiger partial charge in [-0.25, -0.2) is 0 Å². The number of hydrogen-bond acceptors (Lipinski definition) is 6. The number of hydrogen-bond donors (Lipinski definition) is 1. The lowest BCUT2D eigenvalue weighted by Crippen LogP contribution is -2.54. The van der Waals surface area contributed by atoms with Gasteiger partial charge in [0.1, 0.15) is 6.10 Å². The maximum absolute atomic E-state index is 14.0. The fourth-order valence-electron chi connectivity index (χ4n) is 7.95. The highest BCUT2D eigenvalue weighted by Crippen LogP contribution is 2.36. The Balaban J connectivity index is 1.59. The first kappa shape index (κ1) is 53.9. The second kappa shape index (κ2) is 33.7. The fourth-order valence-corrected chi connectivity index (χ4v) is 7.95. The van der Waals surface area contributed by atoms with Crippen LogP contribution in [0.3, 0.4) is 0 Å². The van der Waals surface area contributed by atoms with Gasteiger partial charge in [0, 0.05) is 18.8 Å². The molecule has 7 heteroatoms. The zero-order valence-corrected chi connectivity index (χ0v) is 40.3. The number of carbonyl (C=O) groups excluding carboxylic acids is 1. The fraction of sp³-hybridized carbons (Fsp3) is 0.483. The van der Waals surface area contributed by atoms with Crippen molar-refractivity contribution < 1.29 is 28.5 Å². The Morgan fingerprint density at radius 2 is 1.13 bits per heavy atom. The number of terminal acetylenes is 1. The highest BCUT2D eigenvalue weighted by molar-refractivity contribution is 5.76. The van der Waals surface area contributed by atoms with E-state index in [-0.39, 0.29) is 49.4 Å². The Bertz CT molecular complexity index is 2210. The van der Waals surface area contributed by atoms with E-state index in [0.29, 0.717) is 26.2 Å². The highest BCUT2D eigenvalue weighted by atomic mass is 16.7. The maximum atomic E-state index is 14.0. The van der Waals surface area contributed by atoms with E-state index in [1.165, 1.54) is 44.9 Å². The molecule has 0 aromatic heterocycles. The number of rotatable bonds is 28. The summed E-state index contributed by atoms with van der Waals surface area (Å²) in [6.07, 6.45) is 15.7. The molecule has 67 heavy (non-hydrogen) atoms. The Morgan fingerprint density at radius 3 is 1.70 bits per heavy atom. The number of benzene rings is 3. The van der Waals surface area contributed by atoms with Gasteiger partial charge in [-0.2, -0.15) is 0 Å². The molecular weight excluding hydrogens is 831 g/mol. The number of nitrogens with one attached hydrogen (secondary N) is 1. The van der Waals surface area contributed by atoms with E-state index >= 15 is 0 Å². The standard InChI is InChI=1S/C60H71NO6/c1-6-8-10-12-14-16-18-19-21-23-34-42-56(64-45-53-38-30-26-31-39-53)59(65-46-54-40-32-27-33-41-54)55(61-58(62)43-35-24-22-20-17-15-13-11-9-7-2)47-66-60-51(5)49(3)50(4)57(67-60)48-63-44-52-36-28-25-29-37-52/h1,25-33,36-41,49-51,55-57,59-60H,7,9,11,13,15,17,20,22,24,35,42-48H2,2-5H3,(H,61,62)/t49-,50+,51?,55-,56+,57?,59-,60-/m0/s1. The van der Waals surface area contributed by atoms with Gasteiger partial charge in [-0.05, 0) is 94.2 Å². The Kier molecular flexibility index (Phi) is 27.1. The van der Waals surface area contributed by atoms with Crippen molar-refractivity contribution in [2.75, 3.05) is 13.2 Å². The van der Waals surface area contributed by atoms with Gasteiger partial charge < -0.3 is 29.0 Å².